The Morgan fingerprint density at radius 3 is 2.78 bits per heavy atom. The Kier molecular flexibility index (Phi) is 5.30. The molecule has 126 valence electrons. The molecule has 2 aromatic heterocycles. The van der Waals surface area contributed by atoms with E-state index in [9.17, 15) is 13.2 Å². The molecule has 0 bridgehead atoms. The first-order valence-corrected chi connectivity index (χ1v) is 7.05. The molecular formula is C14H17F3N4O2. The SMILES string of the molecule is CCCCNc1nc(N)ncc1OCc1ccc(C(F)(F)F)o1. The first kappa shape index (κ1) is 16.9. The van der Waals surface area contributed by atoms with Gasteiger partial charge < -0.3 is 20.2 Å². The molecule has 0 atom stereocenters. The summed E-state index contributed by atoms with van der Waals surface area (Å²) in [6.07, 6.45) is -1.23. The summed E-state index contributed by atoms with van der Waals surface area (Å²) in [5.74, 6) is -0.248. The van der Waals surface area contributed by atoms with E-state index in [1.54, 1.807) is 0 Å². The highest BCUT2D eigenvalue weighted by Crippen LogP contribution is 2.31. The number of halogens is 3. The molecule has 9 heteroatoms. The second-order valence-electron chi connectivity index (χ2n) is 4.77. The number of ether oxygens (including phenoxy) is 1. The molecule has 6 nitrogen and oxygen atoms in total. The van der Waals surface area contributed by atoms with E-state index in [1.165, 1.54) is 12.3 Å². The van der Waals surface area contributed by atoms with E-state index in [0.29, 0.717) is 18.1 Å². The maximum Gasteiger partial charge on any atom is 0.449 e. The Balaban J connectivity index is 2.03. The van der Waals surface area contributed by atoms with Gasteiger partial charge in [0, 0.05) is 6.54 Å². The van der Waals surface area contributed by atoms with Crippen molar-refractivity contribution < 1.29 is 22.3 Å². The van der Waals surface area contributed by atoms with Crippen LogP contribution < -0.4 is 15.8 Å². The lowest BCUT2D eigenvalue weighted by Crippen LogP contribution is -2.08. The molecule has 2 aromatic rings. The smallest absolute Gasteiger partial charge is 0.449 e. The van der Waals surface area contributed by atoms with Gasteiger partial charge in [-0.05, 0) is 18.6 Å². The van der Waals surface area contributed by atoms with Gasteiger partial charge in [-0.1, -0.05) is 13.3 Å². The van der Waals surface area contributed by atoms with Crippen molar-refractivity contribution in [2.45, 2.75) is 32.5 Å². The van der Waals surface area contributed by atoms with Crippen LogP contribution in [0.25, 0.3) is 0 Å². The van der Waals surface area contributed by atoms with Crippen molar-refractivity contribution in [3.63, 3.8) is 0 Å². The Hall–Kier alpha value is -2.45. The third-order valence-electron chi connectivity index (χ3n) is 2.91. The van der Waals surface area contributed by atoms with E-state index in [0.717, 1.165) is 18.9 Å². The number of aromatic nitrogens is 2. The van der Waals surface area contributed by atoms with E-state index in [1.807, 2.05) is 6.92 Å². The van der Waals surface area contributed by atoms with Crippen molar-refractivity contribution in [1.82, 2.24) is 9.97 Å². The highest BCUT2D eigenvalue weighted by Gasteiger charge is 2.34. The third kappa shape index (κ3) is 4.76. The number of unbranched alkanes of at least 4 members (excludes halogenated alkanes) is 1. The molecule has 0 spiro atoms. The Bertz CT molecular complexity index is 643. The van der Waals surface area contributed by atoms with Crippen molar-refractivity contribution in [2.24, 2.45) is 0 Å². The molecule has 0 saturated heterocycles. The fraction of sp³-hybridized carbons (Fsp3) is 0.429. The van der Waals surface area contributed by atoms with Gasteiger partial charge in [-0.25, -0.2) is 4.98 Å². The summed E-state index contributed by atoms with van der Waals surface area (Å²) in [4.78, 5) is 7.84. The standard InChI is InChI=1S/C14H17F3N4O2/c1-2-3-6-19-12-10(7-20-13(18)21-12)22-8-9-4-5-11(23-9)14(15,16)17/h4-5,7H,2-3,6,8H2,1H3,(H3,18,19,20,21). The molecule has 0 fully saturated rings. The average Bonchev–Trinajstić information content (AvgIpc) is 2.96. The first-order chi connectivity index (χ1) is 10.9. The molecule has 0 amide bonds. The lowest BCUT2D eigenvalue weighted by atomic mass is 10.3. The van der Waals surface area contributed by atoms with E-state index in [-0.39, 0.29) is 18.3 Å². The molecule has 0 aromatic carbocycles. The average molecular weight is 330 g/mol. The summed E-state index contributed by atoms with van der Waals surface area (Å²) in [5, 5.41) is 3.05. The molecule has 2 heterocycles. The second-order valence-corrected chi connectivity index (χ2v) is 4.77. The quantitative estimate of drug-likeness (QED) is 0.756. The van der Waals surface area contributed by atoms with Crippen LogP contribution in [0, 0.1) is 0 Å². The van der Waals surface area contributed by atoms with Gasteiger partial charge in [0.1, 0.15) is 12.4 Å². The van der Waals surface area contributed by atoms with E-state index < -0.39 is 11.9 Å². The van der Waals surface area contributed by atoms with Gasteiger partial charge in [0.05, 0.1) is 6.20 Å². The third-order valence-corrected chi connectivity index (χ3v) is 2.91. The van der Waals surface area contributed by atoms with Crippen LogP contribution in [0.3, 0.4) is 0 Å². The zero-order valence-electron chi connectivity index (χ0n) is 12.5. The Labute approximate surface area is 130 Å². The van der Waals surface area contributed by atoms with Gasteiger partial charge in [0.2, 0.25) is 11.7 Å². The zero-order chi connectivity index (χ0) is 16.9. The number of nitrogen functional groups attached to an aromatic ring is 1. The summed E-state index contributed by atoms with van der Waals surface area (Å²) < 4.78 is 47.5. The lowest BCUT2D eigenvalue weighted by Gasteiger charge is -2.11. The predicted molar refractivity (Wildman–Crippen MR) is 77.9 cm³/mol. The van der Waals surface area contributed by atoms with Crippen LogP contribution in [0.4, 0.5) is 24.9 Å². The number of anilines is 2. The summed E-state index contributed by atoms with van der Waals surface area (Å²) in [6, 6.07) is 2.07. The van der Waals surface area contributed by atoms with Crippen molar-refractivity contribution in [3.05, 3.63) is 29.9 Å². The largest absolute Gasteiger partial charge is 0.480 e. The number of nitrogens with two attached hydrogens (primary N) is 1. The molecule has 0 aliphatic rings. The summed E-state index contributed by atoms with van der Waals surface area (Å²) in [7, 11) is 0. The van der Waals surface area contributed by atoms with Crippen LogP contribution in [0.2, 0.25) is 0 Å². The maximum atomic E-state index is 12.5. The zero-order valence-corrected chi connectivity index (χ0v) is 12.5. The van der Waals surface area contributed by atoms with Gasteiger partial charge in [0.15, 0.2) is 11.6 Å². The molecule has 3 N–H and O–H groups in total. The molecule has 0 radical (unpaired) electrons. The van der Waals surface area contributed by atoms with Gasteiger partial charge >= 0.3 is 6.18 Å². The molecule has 2 rings (SSSR count). The molecule has 23 heavy (non-hydrogen) atoms. The van der Waals surface area contributed by atoms with Crippen molar-refractivity contribution in [1.29, 1.82) is 0 Å². The predicted octanol–water partition coefficient (Wildman–Crippen LogP) is 3.46. The fourth-order valence-electron chi connectivity index (χ4n) is 1.76. The van der Waals surface area contributed by atoms with Gasteiger partial charge in [-0.2, -0.15) is 18.2 Å². The summed E-state index contributed by atoms with van der Waals surface area (Å²) in [5.41, 5.74) is 5.53. The normalized spacial score (nSPS) is 11.5. The van der Waals surface area contributed by atoms with Crippen LogP contribution in [0.15, 0.2) is 22.7 Å². The number of nitrogens with one attached hydrogen (secondary N) is 1. The van der Waals surface area contributed by atoms with Gasteiger partial charge in [0.25, 0.3) is 0 Å². The van der Waals surface area contributed by atoms with Crippen molar-refractivity contribution in [3.8, 4) is 5.75 Å². The van der Waals surface area contributed by atoms with Gasteiger partial charge in [-0.15, -0.1) is 0 Å². The van der Waals surface area contributed by atoms with E-state index in [2.05, 4.69) is 15.3 Å². The lowest BCUT2D eigenvalue weighted by molar-refractivity contribution is -0.153. The minimum Gasteiger partial charge on any atom is -0.480 e. The number of furan rings is 1. The Morgan fingerprint density at radius 1 is 1.35 bits per heavy atom. The fourth-order valence-corrected chi connectivity index (χ4v) is 1.76. The molecular weight excluding hydrogens is 313 g/mol. The van der Waals surface area contributed by atoms with Crippen LogP contribution >= 0.6 is 0 Å². The van der Waals surface area contributed by atoms with Crippen molar-refractivity contribution >= 4 is 11.8 Å². The second kappa shape index (κ2) is 7.21. The summed E-state index contributed by atoms with van der Waals surface area (Å²) in [6.45, 7) is 2.54. The molecule has 0 saturated carbocycles. The molecule has 0 aliphatic carbocycles. The Morgan fingerprint density at radius 2 is 2.13 bits per heavy atom. The van der Waals surface area contributed by atoms with Gasteiger partial charge in [-0.3, -0.25) is 0 Å². The number of hydrogen-bond acceptors (Lipinski definition) is 6. The number of rotatable bonds is 7. The number of nitrogens with zero attached hydrogens (tertiary/aromatic N) is 2. The summed E-state index contributed by atoms with van der Waals surface area (Å²) >= 11 is 0. The first-order valence-electron chi connectivity index (χ1n) is 7.05. The van der Waals surface area contributed by atoms with Crippen LogP contribution in [0.1, 0.15) is 31.3 Å². The highest BCUT2D eigenvalue weighted by molar-refractivity contribution is 5.51. The van der Waals surface area contributed by atoms with Crippen molar-refractivity contribution in [2.75, 3.05) is 17.6 Å². The molecule has 0 unspecified atom stereocenters. The molecule has 0 aliphatic heterocycles. The topological polar surface area (TPSA) is 86.2 Å². The number of alkyl halides is 3. The van der Waals surface area contributed by atoms with E-state index in [4.69, 9.17) is 14.9 Å². The van der Waals surface area contributed by atoms with Crippen LogP contribution in [-0.4, -0.2) is 16.5 Å². The van der Waals surface area contributed by atoms with Crippen LogP contribution in [0.5, 0.6) is 5.75 Å². The highest BCUT2D eigenvalue weighted by atomic mass is 19.4. The minimum atomic E-state index is -4.52. The maximum absolute atomic E-state index is 12.5. The minimum absolute atomic E-state index is 0.0497. The number of hydrogen-bond donors (Lipinski definition) is 2. The van der Waals surface area contributed by atoms with Crippen LogP contribution in [-0.2, 0) is 12.8 Å². The van der Waals surface area contributed by atoms with E-state index >= 15 is 0 Å². The monoisotopic (exact) mass is 330 g/mol.